The molecule has 1 aliphatic rings. The second-order valence-corrected chi connectivity index (χ2v) is 7.18. The van der Waals surface area contributed by atoms with E-state index in [1.54, 1.807) is 0 Å². The standard InChI is InChI=1S/C16H25BrN4O2/c1-4-20-7-5-6-12(9-20)18-14(22)10-21-15(23)8-13(17)16(19-21)11(2)3/h8,11-12H,4-7,9-10H2,1-3H3,(H,18,22)/t12-/m1/s1. The predicted molar refractivity (Wildman–Crippen MR) is 93.6 cm³/mol. The van der Waals surface area contributed by atoms with Crippen molar-refractivity contribution in [2.45, 2.75) is 52.1 Å². The molecule has 1 aliphatic heterocycles. The van der Waals surface area contributed by atoms with Crippen LogP contribution in [0.1, 0.15) is 45.2 Å². The third-order valence-electron chi connectivity index (χ3n) is 4.14. The van der Waals surface area contributed by atoms with Gasteiger partial charge in [-0.05, 0) is 47.8 Å². The fraction of sp³-hybridized carbons (Fsp3) is 0.688. The van der Waals surface area contributed by atoms with Gasteiger partial charge in [-0.25, -0.2) is 4.68 Å². The molecule has 2 heterocycles. The van der Waals surface area contributed by atoms with Crippen LogP contribution in [0.25, 0.3) is 0 Å². The summed E-state index contributed by atoms with van der Waals surface area (Å²) < 4.78 is 1.94. The number of nitrogens with one attached hydrogen (secondary N) is 1. The molecule has 0 unspecified atom stereocenters. The van der Waals surface area contributed by atoms with Crippen LogP contribution in [0.4, 0.5) is 0 Å². The Kier molecular flexibility index (Phi) is 6.35. The van der Waals surface area contributed by atoms with Crippen LogP contribution in [0.3, 0.4) is 0 Å². The molecule has 1 aromatic rings. The maximum Gasteiger partial charge on any atom is 0.268 e. The summed E-state index contributed by atoms with van der Waals surface area (Å²) in [6.45, 7) is 9.07. The summed E-state index contributed by atoms with van der Waals surface area (Å²) in [6, 6.07) is 1.64. The summed E-state index contributed by atoms with van der Waals surface area (Å²) in [5, 5.41) is 7.35. The van der Waals surface area contributed by atoms with E-state index in [2.05, 4.69) is 38.2 Å². The lowest BCUT2D eigenvalue weighted by Crippen LogP contribution is -2.48. The Morgan fingerprint density at radius 2 is 2.26 bits per heavy atom. The number of hydrogen-bond acceptors (Lipinski definition) is 4. The van der Waals surface area contributed by atoms with E-state index in [1.165, 1.54) is 10.7 Å². The summed E-state index contributed by atoms with van der Waals surface area (Å²) in [5.74, 6) is 0.0234. The summed E-state index contributed by atoms with van der Waals surface area (Å²) in [5.41, 5.74) is 0.516. The van der Waals surface area contributed by atoms with Crippen LogP contribution in [0.5, 0.6) is 0 Å². The SMILES string of the molecule is CCN1CCC[C@@H](NC(=O)Cn2nc(C(C)C)c(Br)cc2=O)C1. The molecule has 1 amide bonds. The monoisotopic (exact) mass is 384 g/mol. The quantitative estimate of drug-likeness (QED) is 0.839. The molecule has 0 aromatic carbocycles. The molecular weight excluding hydrogens is 360 g/mol. The highest BCUT2D eigenvalue weighted by atomic mass is 79.9. The van der Waals surface area contributed by atoms with Gasteiger partial charge in [0.15, 0.2) is 0 Å². The molecule has 0 saturated carbocycles. The van der Waals surface area contributed by atoms with E-state index in [1.807, 2.05) is 13.8 Å². The summed E-state index contributed by atoms with van der Waals surface area (Å²) in [6.07, 6.45) is 2.08. The minimum atomic E-state index is -0.268. The predicted octanol–water partition coefficient (Wildman–Crippen LogP) is 1.73. The molecule has 0 aliphatic carbocycles. The Morgan fingerprint density at radius 1 is 1.52 bits per heavy atom. The summed E-state index contributed by atoms with van der Waals surface area (Å²) >= 11 is 3.36. The third-order valence-corrected chi connectivity index (χ3v) is 4.77. The number of carbonyl (C=O) groups is 1. The van der Waals surface area contributed by atoms with Crippen molar-refractivity contribution in [3.05, 3.63) is 26.6 Å². The van der Waals surface area contributed by atoms with E-state index in [-0.39, 0.29) is 30.0 Å². The number of aromatic nitrogens is 2. The molecule has 0 spiro atoms. The van der Waals surface area contributed by atoms with Crippen LogP contribution in [0, 0.1) is 0 Å². The van der Waals surface area contributed by atoms with Gasteiger partial charge >= 0.3 is 0 Å². The molecule has 0 radical (unpaired) electrons. The summed E-state index contributed by atoms with van der Waals surface area (Å²) in [7, 11) is 0. The second kappa shape index (κ2) is 8.06. The van der Waals surface area contributed by atoms with Crippen molar-refractivity contribution >= 4 is 21.8 Å². The molecule has 1 atom stereocenters. The molecule has 2 rings (SSSR count). The fourth-order valence-corrected chi connectivity index (χ4v) is 3.59. The first-order valence-corrected chi connectivity index (χ1v) is 8.99. The van der Waals surface area contributed by atoms with Crippen molar-refractivity contribution in [3.8, 4) is 0 Å². The Bertz CT molecular complexity index is 615. The van der Waals surface area contributed by atoms with E-state index >= 15 is 0 Å². The van der Waals surface area contributed by atoms with E-state index in [9.17, 15) is 9.59 Å². The van der Waals surface area contributed by atoms with E-state index in [0.717, 1.165) is 38.2 Å². The van der Waals surface area contributed by atoms with Crippen LogP contribution >= 0.6 is 15.9 Å². The summed E-state index contributed by atoms with van der Waals surface area (Å²) in [4.78, 5) is 26.6. The highest BCUT2D eigenvalue weighted by Crippen LogP contribution is 2.19. The van der Waals surface area contributed by atoms with Crippen LogP contribution < -0.4 is 10.9 Å². The Morgan fingerprint density at radius 3 is 2.91 bits per heavy atom. The second-order valence-electron chi connectivity index (χ2n) is 6.33. The molecule has 7 heteroatoms. The van der Waals surface area contributed by atoms with Gasteiger partial charge in [0, 0.05) is 23.1 Å². The van der Waals surface area contributed by atoms with Gasteiger partial charge in [-0.2, -0.15) is 5.10 Å². The van der Waals surface area contributed by atoms with Gasteiger partial charge < -0.3 is 10.2 Å². The van der Waals surface area contributed by atoms with Crippen LogP contribution in [-0.4, -0.2) is 46.3 Å². The van der Waals surface area contributed by atoms with Crippen LogP contribution in [0.2, 0.25) is 0 Å². The molecule has 128 valence electrons. The number of carbonyl (C=O) groups excluding carboxylic acids is 1. The smallest absolute Gasteiger partial charge is 0.268 e. The third kappa shape index (κ3) is 4.88. The zero-order valence-electron chi connectivity index (χ0n) is 14.0. The molecule has 1 fully saturated rings. The van der Waals surface area contributed by atoms with Gasteiger partial charge in [0.2, 0.25) is 5.91 Å². The Labute approximate surface area is 145 Å². The van der Waals surface area contributed by atoms with Crippen molar-refractivity contribution in [2.75, 3.05) is 19.6 Å². The molecule has 6 nitrogen and oxygen atoms in total. The lowest BCUT2D eigenvalue weighted by Gasteiger charge is -2.32. The topological polar surface area (TPSA) is 67.2 Å². The van der Waals surface area contributed by atoms with Gasteiger partial charge in [-0.1, -0.05) is 20.8 Å². The maximum absolute atomic E-state index is 12.3. The average Bonchev–Trinajstić information content (AvgIpc) is 2.49. The Hall–Kier alpha value is -1.21. The average molecular weight is 385 g/mol. The number of amides is 1. The van der Waals surface area contributed by atoms with Gasteiger partial charge in [-0.3, -0.25) is 9.59 Å². The number of halogens is 1. The highest BCUT2D eigenvalue weighted by molar-refractivity contribution is 9.10. The van der Waals surface area contributed by atoms with Crippen molar-refractivity contribution in [2.24, 2.45) is 0 Å². The minimum Gasteiger partial charge on any atom is -0.350 e. The molecule has 0 bridgehead atoms. The number of nitrogens with zero attached hydrogens (tertiary/aromatic N) is 3. The van der Waals surface area contributed by atoms with Crippen molar-refractivity contribution < 1.29 is 4.79 Å². The first kappa shape index (κ1) is 18.1. The molecule has 1 aromatic heterocycles. The zero-order valence-corrected chi connectivity index (χ0v) is 15.6. The number of hydrogen-bond donors (Lipinski definition) is 1. The molecular formula is C16H25BrN4O2. The highest BCUT2D eigenvalue weighted by Gasteiger charge is 2.21. The van der Waals surface area contributed by atoms with Crippen molar-refractivity contribution in [3.63, 3.8) is 0 Å². The largest absolute Gasteiger partial charge is 0.350 e. The van der Waals surface area contributed by atoms with Gasteiger partial charge in [0.25, 0.3) is 5.56 Å². The maximum atomic E-state index is 12.3. The fourth-order valence-electron chi connectivity index (χ4n) is 2.86. The number of likely N-dealkylation sites (tertiary alicyclic amines) is 1. The number of piperidine rings is 1. The van der Waals surface area contributed by atoms with Gasteiger partial charge in [0.1, 0.15) is 6.54 Å². The van der Waals surface area contributed by atoms with E-state index in [4.69, 9.17) is 0 Å². The molecule has 1 saturated heterocycles. The lowest BCUT2D eigenvalue weighted by molar-refractivity contribution is -0.123. The van der Waals surface area contributed by atoms with Gasteiger partial charge in [-0.15, -0.1) is 0 Å². The first-order chi connectivity index (χ1) is 10.9. The van der Waals surface area contributed by atoms with E-state index < -0.39 is 0 Å². The van der Waals surface area contributed by atoms with E-state index in [0.29, 0.717) is 4.47 Å². The lowest BCUT2D eigenvalue weighted by atomic mass is 10.1. The molecule has 1 N–H and O–H groups in total. The van der Waals surface area contributed by atoms with Crippen molar-refractivity contribution in [1.82, 2.24) is 20.0 Å². The molecule has 23 heavy (non-hydrogen) atoms. The number of likely N-dealkylation sites (N-methyl/N-ethyl adjacent to an activating group) is 1. The van der Waals surface area contributed by atoms with Gasteiger partial charge in [0.05, 0.1) is 5.69 Å². The Balaban J connectivity index is 2.03. The van der Waals surface area contributed by atoms with Crippen LogP contribution in [-0.2, 0) is 11.3 Å². The zero-order chi connectivity index (χ0) is 17.0. The minimum absolute atomic E-state index is 0.0333. The number of rotatable bonds is 5. The van der Waals surface area contributed by atoms with Crippen molar-refractivity contribution in [1.29, 1.82) is 0 Å². The van der Waals surface area contributed by atoms with Crippen LogP contribution in [0.15, 0.2) is 15.3 Å². The normalized spacial score (nSPS) is 19.1. The first-order valence-electron chi connectivity index (χ1n) is 8.20.